The summed E-state index contributed by atoms with van der Waals surface area (Å²) in [5, 5.41) is 70.1. The van der Waals surface area contributed by atoms with Crippen molar-refractivity contribution in [3.63, 3.8) is 0 Å². The number of unbranched alkanes of at least 4 members (excludes halogenated alkanes) is 13. The van der Waals surface area contributed by atoms with E-state index >= 15 is 0 Å². The molecule has 2 heterocycles. The summed E-state index contributed by atoms with van der Waals surface area (Å²) in [6.45, 7) is 2.67. The van der Waals surface area contributed by atoms with Crippen molar-refractivity contribution in [1.29, 1.82) is 0 Å². The maximum Gasteiger partial charge on any atom is 0.187 e. The van der Waals surface area contributed by atoms with Gasteiger partial charge in [-0.1, -0.05) is 90.4 Å². The first-order chi connectivity index (χ1) is 20.3. The highest BCUT2D eigenvalue weighted by Gasteiger charge is 2.50. The molecule has 7 N–H and O–H groups in total. The predicted octanol–water partition coefficient (Wildman–Crippen LogP) is 1.13. The Kier molecular flexibility index (Phi) is 19.8. The number of hydrogen-bond acceptors (Lipinski definition) is 12. The molecule has 250 valence electrons. The van der Waals surface area contributed by atoms with Crippen LogP contribution in [-0.4, -0.2) is 130 Å². The van der Waals surface area contributed by atoms with Gasteiger partial charge in [-0.15, -0.1) is 0 Å². The summed E-state index contributed by atoms with van der Waals surface area (Å²) >= 11 is 0. The van der Waals surface area contributed by atoms with Gasteiger partial charge in [-0.25, -0.2) is 0 Å². The lowest BCUT2D eigenvalue weighted by Crippen LogP contribution is -2.64. The highest BCUT2D eigenvalue weighted by Crippen LogP contribution is 2.29. The zero-order chi connectivity index (χ0) is 30.7. The van der Waals surface area contributed by atoms with E-state index in [1.807, 2.05) is 0 Å². The van der Waals surface area contributed by atoms with E-state index in [9.17, 15) is 35.7 Å². The summed E-state index contributed by atoms with van der Waals surface area (Å²) in [5.41, 5.74) is 0. The average Bonchev–Trinajstić information content (AvgIpc) is 2.98. The third kappa shape index (κ3) is 13.3. The minimum atomic E-state index is -1.70. The topological polar surface area (TPSA) is 188 Å². The van der Waals surface area contributed by atoms with E-state index < -0.39 is 68.0 Å². The Bertz CT molecular complexity index is 656. The van der Waals surface area contributed by atoms with Crippen LogP contribution in [0.25, 0.3) is 0 Å². The third-order valence-electron chi connectivity index (χ3n) is 8.10. The van der Waals surface area contributed by atoms with Gasteiger partial charge in [0.25, 0.3) is 0 Å². The molecule has 10 atom stereocenters. The number of aliphatic hydroxyl groups excluding tert-OH is 7. The molecule has 12 nitrogen and oxygen atoms in total. The van der Waals surface area contributed by atoms with Crippen LogP contribution in [0.5, 0.6) is 0 Å². The van der Waals surface area contributed by atoms with Crippen LogP contribution in [0.1, 0.15) is 96.8 Å². The van der Waals surface area contributed by atoms with Crippen LogP contribution >= 0.6 is 0 Å². The highest BCUT2D eigenvalue weighted by molar-refractivity contribution is 4.93. The molecule has 0 saturated carbocycles. The van der Waals surface area contributed by atoms with Crippen LogP contribution in [0.4, 0.5) is 0 Å². The van der Waals surface area contributed by atoms with Gasteiger partial charge < -0.3 is 59.4 Å². The van der Waals surface area contributed by atoms with E-state index in [1.54, 1.807) is 0 Å². The third-order valence-corrected chi connectivity index (χ3v) is 8.10. The SMILES string of the molecule is CCCCCCCCCCCCCCCCOCCOCC1OC(O)C(O)C(O)C1OC1OC(CO)C(O)C(O)C1O. The Balaban J connectivity index is 1.55. The van der Waals surface area contributed by atoms with Gasteiger partial charge in [0.1, 0.15) is 48.8 Å². The largest absolute Gasteiger partial charge is 0.394 e. The van der Waals surface area contributed by atoms with Crippen molar-refractivity contribution in [1.82, 2.24) is 0 Å². The van der Waals surface area contributed by atoms with Crippen molar-refractivity contribution in [2.45, 2.75) is 158 Å². The number of rotatable bonds is 23. The molecule has 10 unspecified atom stereocenters. The zero-order valence-electron chi connectivity index (χ0n) is 25.4. The maximum atomic E-state index is 10.5. The number of hydrogen-bond donors (Lipinski definition) is 7. The van der Waals surface area contributed by atoms with E-state index in [-0.39, 0.29) is 13.2 Å². The van der Waals surface area contributed by atoms with E-state index in [0.717, 1.165) is 12.8 Å². The van der Waals surface area contributed by atoms with Crippen LogP contribution in [0.15, 0.2) is 0 Å². The quantitative estimate of drug-likeness (QED) is 0.0819. The maximum absolute atomic E-state index is 10.5. The lowest BCUT2D eigenvalue weighted by molar-refractivity contribution is -0.356. The summed E-state index contributed by atoms with van der Waals surface area (Å²) in [7, 11) is 0. The van der Waals surface area contributed by atoms with Gasteiger partial charge in [-0.05, 0) is 6.42 Å². The molecule has 2 aliphatic rings. The summed E-state index contributed by atoms with van der Waals surface area (Å²) in [5.74, 6) is 0. The molecule has 42 heavy (non-hydrogen) atoms. The van der Waals surface area contributed by atoms with Crippen LogP contribution in [0, 0.1) is 0 Å². The van der Waals surface area contributed by atoms with E-state index in [1.165, 1.54) is 77.0 Å². The van der Waals surface area contributed by atoms with Gasteiger partial charge >= 0.3 is 0 Å². The second kappa shape index (κ2) is 22.1. The number of aliphatic hydroxyl groups is 7. The normalized spacial score (nSPS) is 33.7. The summed E-state index contributed by atoms with van der Waals surface area (Å²) in [4.78, 5) is 0. The summed E-state index contributed by atoms with van der Waals surface area (Å²) < 4.78 is 27.5. The molecule has 2 aliphatic heterocycles. The van der Waals surface area contributed by atoms with Gasteiger partial charge in [-0.2, -0.15) is 0 Å². The average molecular weight is 611 g/mol. The Morgan fingerprint density at radius 2 is 1.07 bits per heavy atom. The Morgan fingerprint density at radius 3 is 1.64 bits per heavy atom. The first-order valence-corrected chi connectivity index (χ1v) is 16.1. The van der Waals surface area contributed by atoms with Crippen molar-refractivity contribution in [3.8, 4) is 0 Å². The highest BCUT2D eigenvalue weighted by atomic mass is 16.7. The van der Waals surface area contributed by atoms with Crippen molar-refractivity contribution < 1.29 is 59.4 Å². The second-order valence-corrected chi connectivity index (χ2v) is 11.6. The molecule has 0 radical (unpaired) electrons. The Labute approximate surface area is 250 Å². The van der Waals surface area contributed by atoms with Gasteiger partial charge in [0.15, 0.2) is 12.6 Å². The fourth-order valence-electron chi connectivity index (χ4n) is 5.37. The van der Waals surface area contributed by atoms with Crippen LogP contribution in [0.3, 0.4) is 0 Å². The minimum absolute atomic E-state index is 0.134. The fourth-order valence-corrected chi connectivity index (χ4v) is 5.37. The summed E-state index contributed by atoms with van der Waals surface area (Å²) in [6.07, 6.45) is 3.01. The lowest BCUT2D eigenvalue weighted by Gasteiger charge is -2.45. The molecule has 0 amide bonds. The molecule has 0 aliphatic carbocycles. The standard InChI is InChI=1S/C30H58O12/c1-2-3-4-5-6-7-8-9-10-11-12-13-14-15-16-38-17-18-39-20-22-28(25(34)26(35)29(37)40-22)42-30-27(36)24(33)23(32)21(19-31)41-30/h21-37H,2-20H2,1H3. The Hall–Kier alpha value is -0.480. The Morgan fingerprint density at radius 1 is 0.524 bits per heavy atom. The monoisotopic (exact) mass is 610 g/mol. The lowest BCUT2D eigenvalue weighted by atomic mass is 9.97. The minimum Gasteiger partial charge on any atom is -0.394 e. The number of ether oxygens (including phenoxy) is 5. The molecule has 2 saturated heterocycles. The van der Waals surface area contributed by atoms with Crippen molar-refractivity contribution >= 4 is 0 Å². The first-order valence-electron chi connectivity index (χ1n) is 16.1. The smallest absolute Gasteiger partial charge is 0.187 e. The van der Waals surface area contributed by atoms with Crippen LogP contribution < -0.4 is 0 Å². The molecule has 2 rings (SSSR count). The van der Waals surface area contributed by atoms with Gasteiger partial charge in [0.05, 0.1) is 26.4 Å². The molecule has 0 bridgehead atoms. The molecule has 2 fully saturated rings. The second-order valence-electron chi connectivity index (χ2n) is 11.6. The van der Waals surface area contributed by atoms with Crippen LogP contribution in [-0.2, 0) is 23.7 Å². The fraction of sp³-hybridized carbons (Fsp3) is 1.00. The van der Waals surface area contributed by atoms with E-state index in [4.69, 9.17) is 23.7 Å². The molecular formula is C30H58O12. The zero-order valence-corrected chi connectivity index (χ0v) is 25.4. The molecule has 0 aromatic rings. The van der Waals surface area contributed by atoms with Gasteiger partial charge in [0, 0.05) is 6.61 Å². The van der Waals surface area contributed by atoms with Crippen LogP contribution in [0.2, 0.25) is 0 Å². The van der Waals surface area contributed by atoms with E-state index in [0.29, 0.717) is 13.2 Å². The molecular weight excluding hydrogens is 552 g/mol. The first kappa shape index (κ1) is 37.7. The molecule has 0 aromatic heterocycles. The van der Waals surface area contributed by atoms with Gasteiger partial charge in [-0.3, -0.25) is 0 Å². The predicted molar refractivity (Wildman–Crippen MR) is 153 cm³/mol. The van der Waals surface area contributed by atoms with E-state index in [2.05, 4.69) is 6.92 Å². The van der Waals surface area contributed by atoms with Gasteiger partial charge in [0.2, 0.25) is 0 Å². The van der Waals surface area contributed by atoms with Crippen molar-refractivity contribution in [2.24, 2.45) is 0 Å². The summed E-state index contributed by atoms with van der Waals surface area (Å²) in [6, 6.07) is 0. The van der Waals surface area contributed by atoms with Crippen molar-refractivity contribution in [3.05, 3.63) is 0 Å². The molecule has 12 heteroatoms. The molecule has 0 aromatic carbocycles. The molecule has 0 spiro atoms. The van der Waals surface area contributed by atoms with Crippen molar-refractivity contribution in [2.75, 3.05) is 33.0 Å².